The predicted molar refractivity (Wildman–Crippen MR) is 144 cm³/mol. The molecule has 1 aliphatic carbocycles. The number of esters is 1. The molecule has 4 heterocycles. The summed E-state index contributed by atoms with van der Waals surface area (Å²) < 4.78 is 7.09. The van der Waals surface area contributed by atoms with Gasteiger partial charge in [0.1, 0.15) is 13.2 Å². The van der Waals surface area contributed by atoms with E-state index in [9.17, 15) is 14.7 Å². The van der Waals surface area contributed by atoms with Crippen LogP contribution in [0.1, 0.15) is 74.1 Å². The van der Waals surface area contributed by atoms with Crippen LogP contribution in [0.3, 0.4) is 0 Å². The number of rotatable bonds is 6. The Labute approximate surface area is 221 Å². The number of para-hydroxylation sites is 1. The first kappa shape index (κ1) is 24.8. The number of carbonyl (C=O) groups is 1. The second kappa shape index (κ2) is 9.98. The third-order valence-electron chi connectivity index (χ3n) is 8.70. The summed E-state index contributed by atoms with van der Waals surface area (Å²) in [5.74, 6) is 0.149. The molecule has 3 aliphatic rings. The summed E-state index contributed by atoms with van der Waals surface area (Å²) in [6.45, 7) is 2.54. The fourth-order valence-corrected chi connectivity index (χ4v) is 6.35. The molecule has 1 atom stereocenters. The van der Waals surface area contributed by atoms with Gasteiger partial charge in [-0.2, -0.15) is 0 Å². The van der Waals surface area contributed by atoms with E-state index in [1.54, 1.807) is 10.8 Å². The van der Waals surface area contributed by atoms with Crippen LogP contribution in [-0.4, -0.2) is 40.1 Å². The molecule has 0 saturated heterocycles. The van der Waals surface area contributed by atoms with E-state index in [4.69, 9.17) is 14.6 Å². The Morgan fingerprint density at radius 2 is 2.03 bits per heavy atom. The summed E-state index contributed by atoms with van der Waals surface area (Å²) in [6, 6.07) is 9.82. The van der Waals surface area contributed by atoms with E-state index in [1.165, 1.54) is 32.1 Å². The second-order valence-electron chi connectivity index (χ2n) is 10.8. The maximum Gasteiger partial charge on any atom is 0.307 e. The van der Waals surface area contributed by atoms with Gasteiger partial charge >= 0.3 is 5.97 Å². The number of nitrogens with zero attached hydrogens (tertiary/aromatic N) is 3. The zero-order valence-electron chi connectivity index (χ0n) is 21.7. The summed E-state index contributed by atoms with van der Waals surface area (Å²) in [6.07, 6.45) is 8.49. The lowest BCUT2D eigenvalue weighted by Crippen LogP contribution is -2.35. The topological polar surface area (TPSA) is 103 Å². The molecule has 0 bridgehead atoms. The molecule has 0 spiro atoms. The van der Waals surface area contributed by atoms with Crippen molar-refractivity contribution in [2.24, 2.45) is 11.1 Å². The lowest BCUT2D eigenvalue weighted by Gasteiger charge is -2.30. The minimum Gasteiger partial charge on any atom is -0.461 e. The molecule has 3 aromatic rings. The molecular formula is C30H33N3O5. The number of aliphatic hydroxyl groups excluding tert-OH is 1. The normalized spacial score (nSPS) is 21.2. The second-order valence-corrected chi connectivity index (χ2v) is 10.8. The monoisotopic (exact) mass is 515 g/mol. The van der Waals surface area contributed by atoms with Crippen molar-refractivity contribution >= 4 is 23.1 Å². The summed E-state index contributed by atoms with van der Waals surface area (Å²) in [5, 5.41) is 15.7. The van der Waals surface area contributed by atoms with Crippen molar-refractivity contribution in [1.29, 1.82) is 0 Å². The van der Waals surface area contributed by atoms with Crippen LogP contribution in [-0.2, 0) is 32.9 Å². The number of fused-ring (bicyclic) bond motifs is 5. The zero-order chi connectivity index (χ0) is 26.3. The smallest absolute Gasteiger partial charge is 0.307 e. The molecule has 0 radical (unpaired) electrons. The fourth-order valence-electron chi connectivity index (χ4n) is 6.35. The van der Waals surface area contributed by atoms with Gasteiger partial charge in [-0.1, -0.05) is 49.5 Å². The van der Waals surface area contributed by atoms with Gasteiger partial charge in [-0.3, -0.25) is 9.59 Å². The van der Waals surface area contributed by atoms with Crippen molar-refractivity contribution in [3.05, 3.63) is 62.9 Å². The number of carbonyl (C=O) groups excluding carboxylic acids is 1. The average Bonchev–Trinajstić information content (AvgIpc) is 3.24. The lowest BCUT2D eigenvalue weighted by atomic mass is 9.74. The molecule has 1 saturated carbocycles. The zero-order valence-corrected chi connectivity index (χ0v) is 21.7. The first-order valence-electron chi connectivity index (χ1n) is 13.7. The van der Waals surface area contributed by atoms with E-state index in [-0.39, 0.29) is 25.2 Å². The van der Waals surface area contributed by atoms with Gasteiger partial charge in [0.2, 0.25) is 0 Å². The lowest BCUT2D eigenvalue weighted by molar-refractivity contribution is -0.146. The minimum atomic E-state index is -0.867. The van der Waals surface area contributed by atoms with Crippen LogP contribution in [0.2, 0.25) is 0 Å². The number of hydrogen-bond donors (Lipinski definition) is 1. The maximum atomic E-state index is 13.8. The Balaban J connectivity index is 1.45. The van der Waals surface area contributed by atoms with Gasteiger partial charge in [-0.15, -0.1) is 0 Å². The van der Waals surface area contributed by atoms with Crippen molar-refractivity contribution < 1.29 is 19.5 Å². The van der Waals surface area contributed by atoms with Crippen molar-refractivity contribution in [3.63, 3.8) is 0 Å². The standard InChI is InChI=1S/C30H33N3O5/c1-2-30(18-34)13-27(35)37-17-23-24(30)12-26-28-22(15-33(26)29(23)36)21(20-10-6-7-11-25(20)32-28)14-31-38-16-19-8-4-3-5-9-19/h6-7,10-12,14,19,34H,2-5,8-9,13,15-18H2,1H3/b31-14+. The highest BCUT2D eigenvalue weighted by Crippen LogP contribution is 2.41. The van der Waals surface area contributed by atoms with E-state index < -0.39 is 11.4 Å². The molecule has 2 aliphatic heterocycles. The van der Waals surface area contributed by atoms with Gasteiger partial charge < -0.3 is 19.2 Å². The number of aliphatic hydroxyl groups is 1. The van der Waals surface area contributed by atoms with E-state index >= 15 is 0 Å². The van der Waals surface area contributed by atoms with Crippen LogP contribution >= 0.6 is 0 Å². The highest BCUT2D eigenvalue weighted by molar-refractivity contribution is 6.02. The van der Waals surface area contributed by atoms with Crippen LogP contribution in [0.5, 0.6) is 0 Å². The van der Waals surface area contributed by atoms with Gasteiger partial charge in [0.05, 0.1) is 48.3 Å². The summed E-state index contributed by atoms with van der Waals surface area (Å²) in [4.78, 5) is 36.9. The molecule has 198 valence electrons. The van der Waals surface area contributed by atoms with Gasteiger partial charge in [-0.25, -0.2) is 4.98 Å². The van der Waals surface area contributed by atoms with Gasteiger partial charge in [0.25, 0.3) is 5.56 Å². The largest absolute Gasteiger partial charge is 0.461 e. The number of pyridine rings is 2. The van der Waals surface area contributed by atoms with Crippen molar-refractivity contribution in [2.75, 3.05) is 13.2 Å². The van der Waals surface area contributed by atoms with Crippen LogP contribution in [0.4, 0.5) is 0 Å². The van der Waals surface area contributed by atoms with Crippen LogP contribution in [0, 0.1) is 5.92 Å². The predicted octanol–water partition coefficient (Wildman–Crippen LogP) is 4.44. The number of aromatic nitrogens is 2. The van der Waals surface area contributed by atoms with Crippen molar-refractivity contribution in [3.8, 4) is 11.4 Å². The Morgan fingerprint density at radius 1 is 1.21 bits per heavy atom. The van der Waals surface area contributed by atoms with Crippen molar-refractivity contribution in [1.82, 2.24) is 9.55 Å². The molecule has 1 aromatic carbocycles. The molecule has 2 aromatic heterocycles. The molecule has 1 N–H and O–H groups in total. The number of cyclic esters (lactones) is 1. The minimum absolute atomic E-state index is 0.0319. The molecule has 1 unspecified atom stereocenters. The average molecular weight is 516 g/mol. The highest BCUT2D eigenvalue weighted by Gasteiger charge is 2.40. The van der Waals surface area contributed by atoms with Gasteiger partial charge in [0, 0.05) is 21.9 Å². The quantitative estimate of drug-likeness (QED) is 0.231. The molecule has 6 rings (SSSR count). The summed E-state index contributed by atoms with van der Waals surface area (Å²) in [7, 11) is 0. The fraction of sp³-hybridized carbons (Fsp3) is 0.467. The molecule has 1 fully saturated rings. The molecule has 38 heavy (non-hydrogen) atoms. The first-order chi connectivity index (χ1) is 18.5. The molecule has 0 amide bonds. The number of hydrogen-bond acceptors (Lipinski definition) is 7. The van der Waals surface area contributed by atoms with Gasteiger partial charge in [0.15, 0.2) is 0 Å². The van der Waals surface area contributed by atoms with E-state index in [0.717, 1.165) is 27.7 Å². The van der Waals surface area contributed by atoms with Crippen LogP contribution in [0.25, 0.3) is 22.3 Å². The Kier molecular flexibility index (Phi) is 6.51. The number of ether oxygens (including phenoxy) is 1. The third kappa shape index (κ3) is 4.11. The first-order valence-corrected chi connectivity index (χ1v) is 13.7. The van der Waals surface area contributed by atoms with E-state index in [2.05, 4.69) is 5.16 Å². The number of benzene rings is 1. The SMILES string of the molecule is CCC1(CO)CC(=O)OCc2c1cc1n(c2=O)Cc2c-1nc1ccccc1c2/C=N/OCC1CCCCC1. The molecule has 8 heteroatoms. The Bertz CT molecular complexity index is 1480. The number of oxime groups is 1. The van der Waals surface area contributed by atoms with E-state index in [0.29, 0.717) is 42.3 Å². The third-order valence-corrected chi connectivity index (χ3v) is 8.70. The van der Waals surface area contributed by atoms with Crippen LogP contribution < -0.4 is 5.56 Å². The maximum absolute atomic E-state index is 13.8. The summed E-state index contributed by atoms with van der Waals surface area (Å²) in [5.41, 5.74) is 4.04. The molecule has 8 nitrogen and oxygen atoms in total. The van der Waals surface area contributed by atoms with Crippen LogP contribution in [0.15, 0.2) is 40.3 Å². The summed E-state index contributed by atoms with van der Waals surface area (Å²) >= 11 is 0. The highest BCUT2D eigenvalue weighted by atomic mass is 16.6. The van der Waals surface area contributed by atoms with Gasteiger partial charge in [-0.05, 0) is 42.9 Å². The van der Waals surface area contributed by atoms with Crippen molar-refractivity contribution in [2.45, 2.75) is 70.4 Å². The Hall–Kier alpha value is -3.52. The molecular weight excluding hydrogens is 482 g/mol. The Morgan fingerprint density at radius 3 is 2.82 bits per heavy atom. The van der Waals surface area contributed by atoms with E-state index in [1.807, 2.05) is 37.3 Å².